The summed E-state index contributed by atoms with van der Waals surface area (Å²) in [6.07, 6.45) is 1.55. The van der Waals surface area contributed by atoms with E-state index in [1.54, 1.807) is 13.4 Å². The maximum atomic E-state index is 5.40. The third-order valence-corrected chi connectivity index (χ3v) is 3.63. The highest BCUT2D eigenvalue weighted by molar-refractivity contribution is 5.63. The molecule has 0 atom stereocenters. The molecule has 1 aromatic rings. The Labute approximate surface area is 116 Å². The minimum atomic E-state index is 0.189. The number of ether oxygens (including phenoxy) is 1. The van der Waals surface area contributed by atoms with Gasteiger partial charge in [0.2, 0.25) is 5.75 Å². The van der Waals surface area contributed by atoms with Crippen LogP contribution in [0.2, 0.25) is 0 Å². The van der Waals surface area contributed by atoms with Crippen molar-refractivity contribution in [2.45, 2.75) is 34.6 Å². The molecule has 0 fully saturated rings. The third kappa shape index (κ3) is 3.98. The van der Waals surface area contributed by atoms with Gasteiger partial charge in [0.15, 0.2) is 11.6 Å². The molecule has 0 spiro atoms. The number of anilines is 2. The van der Waals surface area contributed by atoms with Gasteiger partial charge in [-0.15, -0.1) is 0 Å². The zero-order chi connectivity index (χ0) is 14.5. The summed E-state index contributed by atoms with van der Waals surface area (Å²) in [6.45, 7) is 12.6. The zero-order valence-electron chi connectivity index (χ0n) is 12.9. The number of rotatable bonds is 7. The van der Waals surface area contributed by atoms with E-state index in [2.05, 4.69) is 48.3 Å². The van der Waals surface area contributed by atoms with Gasteiger partial charge < -0.3 is 15.4 Å². The summed E-state index contributed by atoms with van der Waals surface area (Å²) in [5, 5.41) is 6.54. The van der Waals surface area contributed by atoms with Gasteiger partial charge >= 0.3 is 0 Å². The van der Waals surface area contributed by atoms with Crippen molar-refractivity contribution in [3.05, 3.63) is 6.33 Å². The first-order chi connectivity index (χ1) is 8.92. The lowest BCUT2D eigenvalue weighted by Gasteiger charge is -2.29. The highest BCUT2D eigenvalue weighted by Crippen LogP contribution is 2.31. The predicted molar refractivity (Wildman–Crippen MR) is 79.9 cm³/mol. The van der Waals surface area contributed by atoms with Crippen molar-refractivity contribution >= 4 is 11.6 Å². The summed E-state index contributed by atoms with van der Waals surface area (Å²) in [5.41, 5.74) is 0.189. The molecule has 0 aromatic carbocycles. The van der Waals surface area contributed by atoms with Gasteiger partial charge in [0.05, 0.1) is 7.11 Å². The van der Waals surface area contributed by atoms with E-state index in [4.69, 9.17) is 4.74 Å². The second-order valence-electron chi connectivity index (χ2n) is 5.63. The van der Waals surface area contributed by atoms with Crippen molar-refractivity contribution in [3.63, 3.8) is 0 Å². The van der Waals surface area contributed by atoms with Gasteiger partial charge in [-0.1, -0.05) is 27.7 Å². The maximum absolute atomic E-state index is 5.40. The molecule has 2 N–H and O–H groups in total. The number of methoxy groups -OCH3 is 1. The Bertz CT molecular complexity index is 404. The van der Waals surface area contributed by atoms with E-state index in [1.807, 2.05) is 6.92 Å². The van der Waals surface area contributed by atoms with Crippen LogP contribution in [0.15, 0.2) is 6.33 Å². The van der Waals surface area contributed by atoms with Gasteiger partial charge in [-0.25, -0.2) is 9.97 Å². The molecule has 5 nitrogen and oxygen atoms in total. The highest BCUT2D eigenvalue weighted by Gasteiger charge is 2.23. The molecule has 0 saturated heterocycles. The Morgan fingerprint density at radius 1 is 1.21 bits per heavy atom. The van der Waals surface area contributed by atoms with Crippen LogP contribution in [-0.2, 0) is 0 Å². The molecule has 108 valence electrons. The number of nitrogens with one attached hydrogen (secondary N) is 2. The fourth-order valence-corrected chi connectivity index (χ4v) is 1.50. The van der Waals surface area contributed by atoms with E-state index in [1.165, 1.54) is 0 Å². The summed E-state index contributed by atoms with van der Waals surface area (Å²) in [7, 11) is 1.64. The number of hydrogen-bond acceptors (Lipinski definition) is 5. The Morgan fingerprint density at radius 2 is 1.79 bits per heavy atom. The van der Waals surface area contributed by atoms with Crippen LogP contribution in [0.5, 0.6) is 5.75 Å². The van der Waals surface area contributed by atoms with Crippen molar-refractivity contribution < 1.29 is 4.74 Å². The van der Waals surface area contributed by atoms with E-state index in [0.717, 1.165) is 24.7 Å². The van der Waals surface area contributed by atoms with Crippen LogP contribution in [-0.4, -0.2) is 30.2 Å². The average Bonchev–Trinajstić information content (AvgIpc) is 2.36. The smallest absolute Gasteiger partial charge is 0.204 e. The van der Waals surface area contributed by atoms with Crippen molar-refractivity contribution in [1.82, 2.24) is 9.97 Å². The summed E-state index contributed by atoms with van der Waals surface area (Å²) < 4.78 is 5.40. The molecular weight excluding hydrogens is 240 g/mol. The molecule has 1 rings (SSSR count). The number of nitrogens with zero attached hydrogens (tertiary/aromatic N) is 2. The van der Waals surface area contributed by atoms with E-state index < -0.39 is 0 Å². The first-order valence-electron chi connectivity index (χ1n) is 6.79. The molecule has 0 radical (unpaired) electrons. The SMILES string of the molecule is CCNc1ncnc(NCC(C)(C)C(C)C)c1OC. The average molecular weight is 266 g/mol. The Balaban J connectivity index is 2.86. The summed E-state index contributed by atoms with van der Waals surface area (Å²) in [5.74, 6) is 2.72. The normalized spacial score (nSPS) is 11.5. The van der Waals surface area contributed by atoms with Crippen LogP contribution in [0.4, 0.5) is 11.6 Å². The number of aromatic nitrogens is 2. The molecule has 0 aliphatic rings. The van der Waals surface area contributed by atoms with E-state index in [9.17, 15) is 0 Å². The lowest BCUT2D eigenvalue weighted by molar-refractivity contribution is 0.269. The fourth-order valence-electron chi connectivity index (χ4n) is 1.50. The van der Waals surface area contributed by atoms with Gasteiger partial charge in [-0.05, 0) is 18.3 Å². The summed E-state index contributed by atoms with van der Waals surface area (Å²) in [6, 6.07) is 0. The van der Waals surface area contributed by atoms with Crippen LogP contribution >= 0.6 is 0 Å². The first kappa shape index (κ1) is 15.5. The molecule has 0 saturated carbocycles. The van der Waals surface area contributed by atoms with Gasteiger partial charge in [0, 0.05) is 13.1 Å². The van der Waals surface area contributed by atoms with Crippen LogP contribution in [0.25, 0.3) is 0 Å². The molecular formula is C14H26N4O. The monoisotopic (exact) mass is 266 g/mol. The van der Waals surface area contributed by atoms with Gasteiger partial charge in [-0.2, -0.15) is 0 Å². The molecule has 0 bridgehead atoms. The molecule has 0 unspecified atom stereocenters. The van der Waals surface area contributed by atoms with Crippen molar-refractivity contribution in [3.8, 4) is 5.75 Å². The van der Waals surface area contributed by atoms with E-state index >= 15 is 0 Å². The first-order valence-corrected chi connectivity index (χ1v) is 6.79. The van der Waals surface area contributed by atoms with E-state index in [0.29, 0.717) is 11.7 Å². The molecule has 0 amide bonds. The topological polar surface area (TPSA) is 59.1 Å². The molecule has 1 aromatic heterocycles. The largest absolute Gasteiger partial charge is 0.490 e. The predicted octanol–water partition coefficient (Wildman–Crippen LogP) is 3.01. The third-order valence-electron chi connectivity index (χ3n) is 3.63. The quantitative estimate of drug-likeness (QED) is 0.794. The summed E-state index contributed by atoms with van der Waals surface area (Å²) in [4.78, 5) is 8.46. The van der Waals surface area contributed by atoms with Crippen LogP contribution in [0, 0.1) is 11.3 Å². The number of hydrogen-bond donors (Lipinski definition) is 2. The molecule has 0 aliphatic heterocycles. The van der Waals surface area contributed by atoms with Crippen LogP contribution in [0.3, 0.4) is 0 Å². The second kappa shape index (κ2) is 6.59. The van der Waals surface area contributed by atoms with Crippen molar-refractivity contribution in [2.75, 3.05) is 30.8 Å². The molecule has 5 heteroatoms. The minimum absolute atomic E-state index is 0.189. The molecule has 19 heavy (non-hydrogen) atoms. The maximum Gasteiger partial charge on any atom is 0.204 e. The van der Waals surface area contributed by atoms with E-state index in [-0.39, 0.29) is 5.41 Å². The zero-order valence-corrected chi connectivity index (χ0v) is 12.9. The van der Waals surface area contributed by atoms with Crippen LogP contribution < -0.4 is 15.4 Å². The molecule has 0 aliphatic carbocycles. The lowest BCUT2D eigenvalue weighted by Crippen LogP contribution is -2.29. The van der Waals surface area contributed by atoms with Crippen molar-refractivity contribution in [1.29, 1.82) is 0 Å². The second-order valence-corrected chi connectivity index (χ2v) is 5.63. The van der Waals surface area contributed by atoms with Gasteiger partial charge in [0.25, 0.3) is 0 Å². The summed E-state index contributed by atoms with van der Waals surface area (Å²) >= 11 is 0. The Morgan fingerprint density at radius 3 is 2.26 bits per heavy atom. The highest BCUT2D eigenvalue weighted by atomic mass is 16.5. The minimum Gasteiger partial charge on any atom is -0.490 e. The standard InChI is InChI=1S/C14H26N4O/c1-7-15-12-11(19-6)13(18-9-17-12)16-8-14(4,5)10(2)3/h9-10H,7-8H2,1-6H3,(H2,15,16,17,18). The molecule has 1 heterocycles. The van der Waals surface area contributed by atoms with Crippen LogP contribution in [0.1, 0.15) is 34.6 Å². The Kier molecular flexibility index (Phi) is 5.39. The van der Waals surface area contributed by atoms with Gasteiger partial charge in [-0.3, -0.25) is 0 Å². The Hall–Kier alpha value is -1.52. The van der Waals surface area contributed by atoms with Crippen molar-refractivity contribution in [2.24, 2.45) is 11.3 Å². The lowest BCUT2D eigenvalue weighted by atomic mass is 9.81. The van der Waals surface area contributed by atoms with Gasteiger partial charge in [0.1, 0.15) is 6.33 Å². The fraction of sp³-hybridized carbons (Fsp3) is 0.714.